The molecule has 0 saturated heterocycles. The van der Waals surface area contributed by atoms with Gasteiger partial charge in [-0.15, -0.1) is 24.0 Å². The molecule has 0 spiro atoms. The van der Waals surface area contributed by atoms with E-state index in [9.17, 15) is 5.11 Å². The summed E-state index contributed by atoms with van der Waals surface area (Å²) in [4.78, 5) is 4.67. The zero-order chi connectivity index (χ0) is 15.7. The van der Waals surface area contributed by atoms with Crippen molar-refractivity contribution in [1.29, 1.82) is 0 Å². The van der Waals surface area contributed by atoms with Gasteiger partial charge in [0.15, 0.2) is 5.96 Å². The molecule has 1 heterocycles. The van der Waals surface area contributed by atoms with Crippen molar-refractivity contribution >= 4 is 41.3 Å². The molecule has 0 aliphatic heterocycles. The summed E-state index contributed by atoms with van der Waals surface area (Å²) in [5.41, 5.74) is 1.50. The molecular weight excluding hydrogens is 421 g/mol. The molecule has 1 saturated carbocycles. The van der Waals surface area contributed by atoms with Gasteiger partial charge in [0.1, 0.15) is 0 Å². The smallest absolute Gasteiger partial charge is 0.191 e. The van der Waals surface area contributed by atoms with E-state index in [1.165, 1.54) is 37.7 Å². The van der Waals surface area contributed by atoms with E-state index in [2.05, 4.69) is 39.4 Å². The molecule has 3 N–H and O–H groups in total. The fraction of sp³-hybridized carbons (Fsp3) is 0.706. The van der Waals surface area contributed by atoms with Crippen LogP contribution in [0.25, 0.3) is 0 Å². The maximum Gasteiger partial charge on any atom is 0.191 e. The topological polar surface area (TPSA) is 56.7 Å². The van der Waals surface area contributed by atoms with E-state index in [0.717, 1.165) is 25.5 Å². The van der Waals surface area contributed by atoms with E-state index in [0.29, 0.717) is 6.54 Å². The Hall–Kier alpha value is -0.340. The lowest BCUT2D eigenvalue weighted by atomic mass is 9.72. The Morgan fingerprint density at radius 2 is 2.09 bits per heavy atom. The summed E-state index contributed by atoms with van der Waals surface area (Å²) in [7, 11) is 0. The van der Waals surface area contributed by atoms with Gasteiger partial charge in [-0.25, -0.2) is 4.99 Å². The van der Waals surface area contributed by atoms with Crippen LogP contribution in [0, 0.1) is 5.41 Å². The van der Waals surface area contributed by atoms with Crippen molar-refractivity contribution in [2.45, 2.75) is 52.0 Å². The number of hydrogen-bond donors (Lipinski definition) is 3. The van der Waals surface area contributed by atoms with E-state index in [4.69, 9.17) is 0 Å². The van der Waals surface area contributed by atoms with Crippen molar-refractivity contribution in [2.75, 3.05) is 19.7 Å². The number of aliphatic hydroxyl groups excluding tert-OH is 1. The number of aliphatic imine (C=N–C) groups is 1. The van der Waals surface area contributed by atoms with Gasteiger partial charge in [0.2, 0.25) is 0 Å². The molecule has 0 unspecified atom stereocenters. The first-order valence-electron chi connectivity index (χ1n) is 8.42. The summed E-state index contributed by atoms with van der Waals surface area (Å²) >= 11 is 1.71. The maximum atomic E-state index is 9.41. The van der Waals surface area contributed by atoms with Gasteiger partial charge in [-0.3, -0.25) is 0 Å². The quantitative estimate of drug-likeness (QED) is 0.336. The van der Waals surface area contributed by atoms with Gasteiger partial charge in [-0.2, -0.15) is 11.3 Å². The molecule has 2 rings (SSSR count). The van der Waals surface area contributed by atoms with Crippen molar-refractivity contribution in [3.63, 3.8) is 0 Å². The highest BCUT2D eigenvalue weighted by atomic mass is 127. The van der Waals surface area contributed by atoms with Crippen LogP contribution in [0.2, 0.25) is 0 Å². The van der Waals surface area contributed by atoms with Gasteiger partial charge in [-0.05, 0) is 54.0 Å². The molecule has 23 heavy (non-hydrogen) atoms. The van der Waals surface area contributed by atoms with Gasteiger partial charge in [0.05, 0.1) is 6.54 Å². The fourth-order valence-corrected chi connectivity index (χ4v) is 3.88. The Kier molecular flexibility index (Phi) is 10.1. The zero-order valence-electron chi connectivity index (χ0n) is 14.0. The number of nitrogens with one attached hydrogen (secondary N) is 2. The lowest BCUT2D eigenvalue weighted by Gasteiger charge is -2.37. The monoisotopic (exact) mass is 451 g/mol. The number of nitrogens with zero attached hydrogens (tertiary/aromatic N) is 1. The minimum Gasteiger partial charge on any atom is -0.396 e. The molecule has 1 aromatic rings. The Morgan fingerprint density at radius 1 is 1.30 bits per heavy atom. The van der Waals surface area contributed by atoms with Crippen LogP contribution in [0.1, 0.15) is 51.0 Å². The molecule has 4 nitrogen and oxygen atoms in total. The van der Waals surface area contributed by atoms with Crippen LogP contribution in [-0.4, -0.2) is 30.8 Å². The minimum atomic E-state index is 0. The normalized spacial score (nSPS) is 17.4. The highest BCUT2D eigenvalue weighted by Gasteiger charge is 2.31. The van der Waals surface area contributed by atoms with Gasteiger partial charge < -0.3 is 15.7 Å². The van der Waals surface area contributed by atoms with Gasteiger partial charge >= 0.3 is 0 Å². The number of aliphatic hydroxyl groups is 1. The number of rotatable bonds is 7. The second-order valence-corrected chi connectivity index (χ2v) is 6.99. The number of thiophene rings is 1. The third-order valence-corrected chi connectivity index (χ3v) is 5.26. The minimum absolute atomic E-state index is 0. The van der Waals surface area contributed by atoms with Crippen LogP contribution in [0.5, 0.6) is 0 Å². The predicted molar refractivity (Wildman–Crippen MR) is 110 cm³/mol. The molecule has 1 aliphatic rings. The summed E-state index contributed by atoms with van der Waals surface area (Å²) in [5.74, 6) is 0.886. The lowest BCUT2D eigenvalue weighted by molar-refractivity contribution is 0.131. The maximum absolute atomic E-state index is 9.41. The van der Waals surface area contributed by atoms with Crippen LogP contribution >= 0.6 is 35.3 Å². The molecular formula is C17H30IN3OS. The van der Waals surface area contributed by atoms with Crippen LogP contribution in [-0.2, 0) is 6.54 Å². The zero-order valence-corrected chi connectivity index (χ0v) is 17.2. The standard InChI is InChI=1S/C17H29N3OS.HI/c1-2-18-16(19-12-15-6-11-22-13-15)20-14-17(9-10-21)7-4-3-5-8-17;/h6,11,13,21H,2-5,7-10,12,14H2,1H3,(H2,18,19,20);1H. The van der Waals surface area contributed by atoms with Crippen molar-refractivity contribution in [3.05, 3.63) is 22.4 Å². The molecule has 0 amide bonds. The SMILES string of the molecule is CCNC(=NCc1ccsc1)NCC1(CCO)CCCCC1.I. The van der Waals surface area contributed by atoms with Gasteiger partial charge in [-0.1, -0.05) is 19.3 Å². The van der Waals surface area contributed by atoms with Crippen LogP contribution < -0.4 is 10.6 Å². The first-order chi connectivity index (χ1) is 10.8. The number of halogens is 1. The molecule has 132 valence electrons. The van der Waals surface area contributed by atoms with Crippen molar-refractivity contribution in [1.82, 2.24) is 10.6 Å². The molecule has 0 radical (unpaired) electrons. The average molecular weight is 451 g/mol. The first-order valence-corrected chi connectivity index (χ1v) is 9.36. The molecule has 1 aromatic heterocycles. The molecule has 0 aromatic carbocycles. The third-order valence-electron chi connectivity index (χ3n) is 4.53. The molecule has 0 atom stereocenters. The molecule has 6 heteroatoms. The second kappa shape index (κ2) is 11.3. The van der Waals surface area contributed by atoms with Crippen molar-refractivity contribution < 1.29 is 5.11 Å². The molecule has 0 bridgehead atoms. The second-order valence-electron chi connectivity index (χ2n) is 6.21. The highest BCUT2D eigenvalue weighted by Crippen LogP contribution is 2.38. The molecule has 1 aliphatic carbocycles. The Balaban J connectivity index is 0.00000264. The van der Waals surface area contributed by atoms with Gasteiger partial charge in [0, 0.05) is 19.7 Å². The summed E-state index contributed by atoms with van der Waals surface area (Å²) in [6, 6.07) is 2.12. The number of hydrogen-bond acceptors (Lipinski definition) is 3. The van der Waals surface area contributed by atoms with Crippen LogP contribution in [0.15, 0.2) is 21.8 Å². The van der Waals surface area contributed by atoms with E-state index in [-0.39, 0.29) is 36.0 Å². The largest absolute Gasteiger partial charge is 0.396 e. The third kappa shape index (κ3) is 6.97. The van der Waals surface area contributed by atoms with E-state index in [1.54, 1.807) is 11.3 Å². The van der Waals surface area contributed by atoms with E-state index >= 15 is 0 Å². The van der Waals surface area contributed by atoms with Crippen LogP contribution in [0.4, 0.5) is 0 Å². The van der Waals surface area contributed by atoms with Gasteiger partial charge in [0.25, 0.3) is 0 Å². The first kappa shape index (κ1) is 20.7. The summed E-state index contributed by atoms with van der Waals surface area (Å²) in [6.45, 7) is 4.85. The summed E-state index contributed by atoms with van der Waals surface area (Å²) in [6.07, 6.45) is 7.22. The number of guanidine groups is 1. The van der Waals surface area contributed by atoms with Crippen LogP contribution in [0.3, 0.4) is 0 Å². The highest BCUT2D eigenvalue weighted by molar-refractivity contribution is 14.0. The summed E-state index contributed by atoms with van der Waals surface area (Å²) < 4.78 is 0. The van der Waals surface area contributed by atoms with Crippen molar-refractivity contribution in [2.24, 2.45) is 10.4 Å². The fourth-order valence-electron chi connectivity index (χ4n) is 3.22. The lowest BCUT2D eigenvalue weighted by Crippen LogP contribution is -2.44. The van der Waals surface area contributed by atoms with Crippen molar-refractivity contribution in [3.8, 4) is 0 Å². The average Bonchev–Trinajstić information content (AvgIpc) is 3.05. The predicted octanol–water partition coefficient (Wildman–Crippen LogP) is 3.75. The Labute approximate surface area is 161 Å². The van der Waals surface area contributed by atoms with E-state index < -0.39 is 0 Å². The molecule has 1 fully saturated rings. The Bertz CT molecular complexity index is 439. The van der Waals surface area contributed by atoms with E-state index in [1.807, 2.05) is 0 Å². The summed E-state index contributed by atoms with van der Waals surface area (Å²) in [5, 5.41) is 20.5. The Morgan fingerprint density at radius 3 is 2.70 bits per heavy atom.